The quantitative estimate of drug-likeness (QED) is 0.607. The van der Waals surface area contributed by atoms with Gasteiger partial charge in [-0.2, -0.15) is 5.10 Å². The zero-order chi connectivity index (χ0) is 24.7. The van der Waals surface area contributed by atoms with E-state index in [1.807, 2.05) is 27.7 Å². The molecular weight excluding hydrogens is 436 g/mol. The van der Waals surface area contributed by atoms with Crippen LogP contribution in [0.4, 0.5) is 25.2 Å². The minimum Gasteiger partial charge on any atom is -0.481 e. The third kappa shape index (κ3) is 4.91. The summed E-state index contributed by atoms with van der Waals surface area (Å²) in [6.07, 6.45) is -1.44. The molecule has 3 rings (SSSR count). The van der Waals surface area contributed by atoms with Crippen molar-refractivity contribution < 1.29 is 28.6 Å². The Labute approximate surface area is 190 Å². The minimum absolute atomic E-state index is 0.000234. The summed E-state index contributed by atoms with van der Waals surface area (Å²) in [4.78, 5) is 28.8. The monoisotopic (exact) mass is 465 g/mol. The summed E-state index contributed by atoms with van der Waals surface area (Å²) in [5.74, 6) is -3.00. The zero-order valence-electron chi connectivity index (χ0n) is 19.3. The van der Waals surface area contributed by atoms with Gasteiger partial charge in [-0.25, -0.2) is 18.6 Å². The molecule has 2 aromatic heterocycles. The van der Waals surface area contributed by atoms with Crippen molar-refractivity contribution in [3.8, 4) is 0 Å². The molecule has 2 atom stereocenters. The van der Waals surface area contributed by atoms with Crippen molar-refractivity contribution in [2.24, 2.45) is 5.41 Å². The fourth-order valence-corrected chi connectivity index (χ4v) is 4.42. The van der Waals surface area contributed by atoms with Gasteiger partial charge in [-0.15, -0.1) is 0 Å². The summed E-state index contributed by atoms with van der Waals surface area (Å²) in [5.41, 5.74) is -1.10. The minimum atomic E-state index is -1.42. The Morgan fingerprint density at radius 2 is 1.91 bits per heavy atom. The van der Waals surface area contributed by atoms with E-state index in [4.69, 9.17) is 0 Å². The predicted molar refractivity (Wildman–Crippen MR) is 117 cm³/mol. The molecule has 33 heavy (non-hydrogen) atoms. The maximum Gasteiger partial charge on any atom is 0.407 e. The molecule has 0 radical (unpaired) electrons. The van der Waals surface area contributed by atoms with Crippen molar-refractivity contribution in [1.29, 1.82) is 0 Å². The number of hydrogen-bond acceptors (Lipinski definition) is 5. The maximum absolute atomic E-state index is 14.6. The number of likely N-dealkylation sites (tertiary alicyclic amines) is 1. The van der Waals surface area contributed by atoms with E-state index in [0.29, 0.717) is 11.9 Å². The average Bonchev–Trinajstić information content (AvgIpc) is 3.06. The largest absolute Gasteiger partial charge is 0.481 e. The van der Waals surface area contributed by atoms with Crippen LogP contribution in [0.5, 0.6) is 0 Å². The molecule has 0 spiro atoms. The first-order valence-electron chi connectivity index (χ1n) is 10.7. The maximum atomic E-state index is 14.6. The molecule has 1 amide bonds. The molecule has 1 fully saturated rings. The van der Waals surface area contributed by atoms with E-state index in [9.17, 15) is 28.6 Å². The molecule has 0 aliphatic carbocycles. The van der Waals surface area contributed by atoms with Crippen LogP contribution >= 0.6 is 0 Å². The number of piperidine rings is 1. The molecule has 9 nitrogen and oxygen atoms in total. The highest BCUT2D eigenvalue weighted by atomic mass is 19.1. The summed E-state index contributed by atoms with van der Waals surface area (Å²) in [6.45, 7) is 9.36. The number of aromatic nitrogens is 3. The average molecular weight is 466 g/mol. The van der Waals surface area contributed by atoms with Gasteiger partial charge >= 0.3 is 12.1 Å². The Morgan fingerprint density at radius 3 is 2.42 bits per heavy atom. The normalized spacial score (nSPS) is 21.2. The Balaban J connectivity index is 1.91. The smallest absolute Gasteiger partial charge is 0.407 e. The van der Waals surface area contributed by atoms with Gasteiger partial charge in [0.05, 0.1) is 16.6 Å². The SMILES string of the molecule is Cc1cc(Nc2nc(CC3(C(=O)O)CCN(C(=O)O)C(C)C3)c(F)cc2F)nn1C(C)(C)C. The highest BCUT2D eigenvalue weighted by molar-refractivity contribution is 5.76. The second kappa shape index (κ2) is 8.60. The van der Waals surface area contributed by atoms with Crippen molar-refractivity contribution >= 4 is 23.7 Å². The second-order valence-electron chi connectivity index (χ2n) is 9.67. The molecule has 0 saturated carbocycles. The summed E-state index contributed by atoms with van der Waals surface area (Å²) >= 11 is 0. The molecule has 11 heteroatoms. The molecular formula is C22H29F2N5O4. The van der Waals surface area contributed by atoms with Gasteiger partial charge in [0, 0.05) is 36.8 Å². The molecule has 2 unspecified atom stereocenters. The molecule has 1 saturated heterocycles. The van der Waals surface area contributed by atoms with Gasteiger partial charge < -0.3 is 20.4 Å². The molecule has 0 bridgehead atoms. The molecule has 1 aliphatic rings. The topological polar surface area (TPSA) is 121 Å². The third-order valence-corrected chi connectivity index (χ3v) is 6.03. The van der Waals surface area contributed by atoms with E-state index in [1.54, 1.807) is 17.7 Å². The molecule has 1 aliphatic heterocycles. The number of aliphatic carboxylic acids is 1. The van der Waals surface area contributed by atoms with Gasteiger partial charge in [-0.1, -0.05) is 0 Å². The van der Waals surface area contributed by atoms with Crippen LogP contribution in [-0.2, 0) is 16.8 Å². The van der Waals surface area contributed by atoms with Crippen molar-refractivity contribution in [3.05, 3.63) is 35.2 Å². The van der Waals surface area contributed by atoms with Crippen LogP contribution in [-0.4, -0.2) is 54.5 Å². The van der Waals surface area contributed by atoms with Crippen LogP contribution in [0, 0.1) is 24.0 Å². The predicted octanol–water partition coefficient (Wildman–Crippen LogP) is 4.14. The number of hydrogen-bond donors (Lipinski definition) is 3. The van der Waals surface area contributed by atoms with Crippen LogP contribution in [0.15, 0.2) is 12.1 Å². The fourth-order valence-electron chi connectivity index (χ4n) is 4.42. The lowest BCUT2D eigenvalue weighted by Crippen LogP contribution is -2.51. The fraction of sp³-hybridized carbons (Fsp3) is 0.545. The number of pyridine rings is 1. The van der Waals surface area contributed by atoms with Crippen LogP contribution in [0.25, 0.3) is 0 Å². The van der Waals surface area contributed by atoms with Gasteiger partial charge in [0.15, 0.2) is 17.5 Å². The van der Waals surface area contributed by atoms with Crippen molar-refractivity contribution in [2.75, 3.05) is 11.9 Å². The lowest BCUT2D eigenvalue weighted by molar-refractivity contribution is -0.153. The number of aryl methyl sites for hydroxylation is 1. The second-order valence-corrected chi connectivity index (χ2v) is 9.67. The van der Waals surface area contributed by atoms with Crippen LogP contribution in [0.1, 0.15) is 51.9 Å². The van der Waals surface area contributed by atoms with Crippen LogP contribution in [0.2, 0.25) is 0 Å². The van der Waals surface area contributed by atoms with Gasteiger partial charge in [-0.3, -0.25) is 9.48 Å². The first-order valence-corrected chi connectivity index (χ1v) is 10.7. The number of amides is 1. The van der Waals surface area contributed by atoms with E-state index in [1.165, 1.54) is 0 Å². The van der Waals surface area contributed by atoms with Crippen molar-refractivity contribution in [3.63, 3.8) is 0 Å². The summed E-state index contributed by atoms with van der Waals surface area (Å²) in [7, 11) is 0. The molecule has 0 aromatic carbocycles. The number of carbonyl (C=O) groups is 2. The summed E-state index contributed by atoms with van der Waals surface area (Å²) in [6, 6.07) is 1.80. The summed E-state index contributed by atoms with van der Waals surface area (Å²) in [5, 5.41) is 26.4. The Kier molecular flexibility index (Phi) is 6.36. The van der Waals surface area contributed by atoms with Crippen molar-refractivity contribution in [2.45, 2.75) is 65.5 Å². The van der Waals surface area contributed by atoms with E-state index in [2.05, 4.69) is 15.4 Å². The van der Waals surface area contributed by atoms with E-state index < -0.39 is 35.2 Å². The lowest BCUT2D eigenvalue weighted by atomic mass is 9.72. The number of nitrogens with one attached hydrogen (secondary N) is 1. The van der Waals surface area contributed by atoms with E-state index >= 15 is 0 Å². The number of carboxylic acids is 1. The van der Waals surface area contributed by atoms with E-state index in [-0.39, 0.29) is 42.9 Å². The third-order valence-electron chi connectivity index (χ3n) is 6.03. The molecule has 3 N–H and O–H groups in total. The molecule has 180 valence electrons. The Hall–Kier alpha value is -3.24. The number of anilines is 2. The first kappa shape index (κ1) is 24.4. The Morgan fingerprint density at radius 1 is 1.24 bits per heavy atom. The summed E-state index contributed by atoms with van der Waals surface area (Å²) < 4.78 is 30.9. The standard InChI is InChI=1S/C22H29F2N5O4/c1-12-8-17(27-29(12)21(3,4)5)26-18-15(24)9-14(23)16(25-18)11-22(19(30)31)6-7-28(20(32)33)13(2)10-22/h8-9,13H,6-7,10-11H2,1-5H3,(H,30,31)(H,32,33)(H,25,26,27). The van der Waals surface area contributed by atoms with Crippen molar-refractivity contribution in [1.82, 2.24) is 19.7 Å². The van der Waals surface area contributed by atoms with Crippen LogP contribution in [0.3, 0.4) is 0 Å². The first-order chi connectivity index (χ1) is 15.2. The molecule has 2 aromatic rings. The van der Waals surface area contributed by atoms with Gasteiger partial charge in [0.1, 0.15) is 5.82 Å². The number of nitrogens with zero attached hydrogens (tertiary/aromatic N) is 4. The van der Waals surface area contributed by atoms with Gasteiger partial charge in [-0.05, 0) is 47.5 Å². The highest BCUT2D eigenvalue weighted by Crippen LogP contribution is 2.39. The lowest BCUT2D eigenvalue weighted by Gasteiger charge is -2.41. The van der Waals surface area contributed by atoms with E-state index in [0.717, 1.165) is 10.6 Å². The van der Waals surface area contributed by atoms with Gasteiger partial charge in [0.25, 0.3) is 0 Å². The number of rotatable bonds is 5. The zero-order valence-corrected chi connectivity index (χ0v) is 19.3. The number of carboxylic acid groups (broad SMARTS) is 2. The highest BCUT2D eigenvalue weighted by Gasteiger charge is 2.46. The van der Waals surface area contributed by atoms with Gasteiger partial charge in [0.2, 0.25) is 0 Å². The number of halogens is 2. The van der Waals surface area contributed by atoms with Crippen LogP contribution < -0.4 is 5.32 Å². The molecule has 3 heterocycles. The Bertz CT molecular complexity index is 1080.